The molecule has 0 aliphatic carbocycles. The molecule has 0 atom stereocenters. The van der Waals surface area contributed by atoms with Gasteiger partial charge in [0.05, 0.1) is 0 Å². The van der Waals surface area contributed by atoms with Gasteiger partial charge in [0.1, 0.15) is 0 Å². The van der Waals surface area contributed by atoms with E-state index < -0.39 is 0 Å². The van der Waals surface area contributed by atoms with Gasteiger partial charge < -0.3 is 5.73 Å². The van der Waals surface area contributed by atoms with Crippen LogP contribution in [-0.4, -0.2) is 9.97 Å². The number of anilines is 1. The minimum Gasteiger partial charge on any atom is -0.368 e. The highest BCUT2D eigenvalue weighted by Crippen LogP contribution is 2.17. The van der Waals surface area contributed by atoms with Crippen molar-refractivity contribution in [2.24, 2.45) is 0 Å². The molecule has 0 unspecified atom stereocenters. The first-order chi connectivity index (χ1) is 8.75. The maximum atomic E-state index is 5.41. The lowest BCUT2D eigenvalue weighted by molar-refractivity contribution is 1.19. The Kier molecular flexibility index (Phi) is 8.20. The SMILES string of the molecule is CC.CC.Cc1ccc(-c2cnc(N)nc2)cc1. The summed E-state index contributed by atoms with van der Waals surface area (Å²) in [6.07, 6.45) is 3.46. The molecule has 98 valence electrons. The van der Waals surface area contributed by atoms with E-state index >= 15 is 0 Å². The number of benzene rings is 1. The van der Waals surface area contributed by atoms with Gasteiger partial charge in [0.15, 0.2) is 0 Å². The van der Waals surface area contributed by atoms with Crippen molar-refractivity contribution in [3.05, 3.63) is 42.2 Å². The van der Waals surface area contributed by atoms with E-state index in [1.54, 1.807) is 12.4 Å². The second-order valence-electron chi connectivity index (χ2n) is 3.20. The van der Waals surface area contributed by atoms with Gasteiger partial charge >= 0.3 is 0 Å². The average Bonchev–Trinajstić information content (AvgIpc) is 2.45. The van der Waals surface area contributed by atoms with E-state index in [-0.39, 0.29) is 0 Å². The summed E-state index contributed by atoms with van der Waals surface area (Å²) in [6.45, 7) is 10.1. The second-order valence-corrected chi connectivity index (χ2v) is 3.20. The van der Waals surface area contributed by atoms with Crippen LogP contribution in [-0.2, 0) is 0 Å². The van der Waals surface area contributed by atoms with Crippen LogP contribution in [0.1, 0.15) is 33.3 Å². The van der Waals surface area contributed by atoms with Crippen molar-refractivity contribution in [1.29, 1.82) is 0 Å². The van der Waals surface area contributed by atoms with Gasteiger partial charge in [-0.15, -0.1) is 0 Å². The Labute approximate surface area is 110 Å². The Balaban J connectivity index is 0.000000659. The van der Waals surface area contributed by atoms with Crippen LogP contribution in [0.4, 0.5) is 5.95 Å². The summed E-state index contributed by atoms with van der Waals surface area (Å²) in [4.78, 5) is 7.89. The first kappa shape index (κ1) is 16.1. The number of nitrogen functional groups attached to an aromatic ring is 1. The van der Waals surface area contributed by atoms with Gasteiger partial charge in [0.25, 0.3) is 0 Å². The minimum atomic E-state index is 0.306. The quantitative estimate of drug-likeness (QED) is 0.823. The van der Waals surface area contributed by atoms with Crippen molar-refractivity contribution in [3.8, 4) is 11.1 Å². The fourth-order valence-electron chi connectivity index (χ4n) is 1.23. The predicted molar refractivity (Wildman–Crippen MR) is 79.3 cm³/mol. The molecule has 2 aromatic rings. The lowest BCUT2D eigenvalue weighted by Crippen LogP contribution is -1.93. The summed E-state index contributed by atoms with van der Waals surface area (Å²) in [5.74, 6) is 0.306. The van der Waals surface area contributed by atoms with Crippen molar-refractivity contribution in [3.63, 3.8) is 0 Å². The zero-order chi connectivity index (χ0) is 14.0. The number of hydrogen-bond donors (Lipinski definition) is 1. The van der Waals surface area contributed by atoms with Crippen LogP contribution in [0.2, 0.25) is 0 Å². The lowest BCUT2D eigenvalue weighted by atomic mass is 10.1. The second kappa shape index (κ2) is 9.16. The van der Waals surface area contributed by atoms with Crippen molar-refractivity contribution in [2.75, 3.05) is 5.73 Å². The Morgan fingerprint density at radius 3 is 1.67 bits per heavy atom. The minimum absolute atomic E-state index is 0.306. The zero-order valence-corrected chi connectivity index (χ0v) is 11.9. The van der Waals surface area contributed by atoms with Gasteiger partial charge in [-0.2, -0.15) is 0 Å². The van der Waals surface area contributed by atoms with Crippen molar-refractivity contribution in [2.45, 2.75) is 34.6 Å². The number of hydrogen-bond acceptors (Lipinski definition) is 3. The van der Waals surface area contributed by atoms with Crippen molar-refractivity contribution < 1.29 is 0 Å². The third kappa shape index (κ3) is 4.95. The van der Waals surface area contributed by atoms with E-state index in [4.69, 9.17) is 5.73 Å². The van der Waals surface area contributed by atoms with E-state index in [0.717, 1.165) is 11.1 Å². The third-order valence-corrected chi connectivity index (χ3v) is 2.06. The Morgan fingerprint density at radius 1 is 0.778 bits per heavy atom. The molecule has 1 aromatic heterocycles. The molecule has 0 aliphatic heterocycles. The van der Waals surface area contributed by atoms with Crippen LogP contribution < -0.4 is 5.73 Å². The molecular formula is C15H23N3. The molecule has 18 heavy (non-hydrogen) atoms. The summed E-state index contributed by atoms with van der Waals surface area (Å²) < 4.78 is 0. The first-order valence-electron chi connectivity index (χ1n) is 6.40. The normalized spacial score (nSPS) is 8.50. The standard InChI is InChI=1S/C11H11N3.2C2H6/c1-8-2-4-9(5-3-8)10-6-13-11(12)14-7-10;2*1-2/h2-7H,1H3,(H2,12,13,14);2*1-2H3. The number of rotatable bonds is 1. The van der Waals surface area contributed by atoms with E-state index in [1.165, 1.54) is 5.56 Å². The zero-order valence-electron chi connectivity index (χ0n) is 11.9. The first-order valence-corrected chi connectivity index (χ1v) is 6.40. The Morgan fingerprint density at radius 2 is 1.22 bits per heavy atom. The molecular weight excluding hydrogens is 222 g/mol. The number of aryl methyl sites for hydroxylation is 1. The third-order valence-electron chi connectivity index (χ3n) is 2.06. The molecule has 0 fully saturated rings. The Bertz CT molecular complexity index is 375. The molecule has 0 aliphatic rings. The highest BCUT2D eigenvalue weighted by atomic mass is 15.0. The monoisotopic (exact) mass is 245 g/mol. The average molecular weight is 245 g/mol. The van der Waals surface area contributed by atoms with Crippen LogP contribution in [0.3, 0.4) is 0 Å². The van der Waals surface area contributed by atoms with Gasteiger partial charge in [-0.3, -0.25) is 0 Å². The molecule has 0 bridgehead atoms. The topological polar surface area (TPSA) is 51.8 Å². The van der Waals surface area contributed by atoms with Crippen LogP contribution in [0.15, 0.2) is 36.7 Å². The fraction of sp³-hybridized carbons (Fsp3) is 0.333. The van der Waals surface area contributed by atoms with Crippen LogP contribution in [0.25, 0.3) is 11.1 Å². The number of aromatic nitrogens is 2. The van der Waals surface area contributed by atoms with Crippen LogP contribution >= 0.6 is 0 Å². The molecule has 1 aromatic carbocycles. The molecule has 0 saturated carbocycles. The molecule has 0 radical (unpaired) electrons. The number of nitrogens with zero attached hydrogens (tertiary/aromatic N) is 2. The maximum Gasteiger partial charge on any atom is 0.219 e. The van der Waals surface area contributed by atoms with Crippen LogP contribution in [0.5, 0.6) is 0 Å². The van der Waals surface area contributed by atoms with E-state index in [1.807, 2.05) is 39.8 Å². The summed E-state index contributed by atoms with van der Waals surface area (Å²) in [7, 11) is 0. The van der Waals surface area contributed by atoms with Crippen LogP contribution in [0, 0.1) is 6.92 Å². The van der Waals surface area contributed by atoms with E-state index in [9.17, 15) is 0 Å². The largest absolute Gasteiger partial charge is 0.368 e. The molecule has 2 N–H and O–H groups in total. The molecule has 3 nitrogen and oxygen atoms in total. The maximum absolute atomic E-state index is 5.41. The summed E-state index contributed by atoms with van der Waals surface area (Å²) in [5.41, 5.74) is 8.74. The lowest BCUT2D eigenvalue weighted by Gasteiger charge is -2.00. The highest BCUT2D eigenvalue weighted by molar-refractivity contribution is 5.62. The molecule has 3 heteroatoms. The van der Waals surface area contributed by atoms with Gasteiger partial charge in [-0.1, -0.05) is 57.5 Å². The van der Waals surface area contributed by atoms with Gasteiger partial charge in [0.2, 0.25) is 5.95 Å². The van der Waals surface area contributed by atoms with Crippen molar-refractivity contribution >= 4 is 5.95 Å². The van der Waals surface area contributed by atoms with Gasteiger partial charge in [-0.25, -0.2) is 9.97 Å². The summed E-state index contributed by atoms with van der Waals surface area (Å²) in [5, 5.41) is 0. The smallest absolute Gasteiger partial charge is 0.219 e. The highest BCUT2D eigenvalue weighted by Gasteiger charge is 1.97. The van der Waals surface area contributed by atoms with E-state index in [0.29, 0.717) is 5.95 Å². The molecule has 2 rings (SSSR count). The molecule has 1 heterocycles. The summed E-state index contributed by atoms with van der Waals surface area (Å²) in [6, 6.07) is 8.21. The number of nitrogens with two attached hydrogens (primary N) is 1. The summed E-state index contributed by atoms with van der Waals surface area (Å²) >= 11 is 0. The molecule has 0 amide bonds. The predicted octanol–water partition coefficient (Wildman–Crippen LogP) is 4.09. The molecule has 0 spiro atoms. The van der Waals surface area contributed by atoms with Gasteiger partial charge in [-0.05, 0) is 12.5 Å². The van der Waals surface area contributed by atoms with Gasteiger partial charge in [0, 0.05) is 18.0 Å². The fourth-order valence-corrected chi connectivity index (χ4v) is 1.23. The van der Waals surface area contributed by atoms with Crippen molar-refractivity contribution in [1.82, 2.24) is 9.97 Å². The Hall–Kier alpha value is -1.90. The molecule has 0 saturated heterocycles. The van der Waals surface area contributed by atoms with E-state index in [2.05, 4.69) is 29.0 Å².